The third-order valence-electron chi connectivity index (χ3n) is 2.16. The molecule has 1 rings (SSSR count). The standard InChI is InChI=1S/C10H12BrNO3/c11-8-3-1-2-7(10(8)15)6(5-12)4-9(13)14/h1-3,6,15H,4-5,12H2,(H,13,14). The number of phenols is 1. The number of carbonyl (C=O) groups is 1. The maximum absolute atomic E-state index is 10.6. The largest absolute Gasteiger partial charge is 0.506 e. The van der Waals surface area contributed by atoms with Crippen LogP contribution in [0.15, 0.2) is 22.7 Å². The van der Waals surface area contributed by atoms with Crippen LogP contribution >= 0.6 is 15.9 Å². The number of phenolic OH excluding ortho intramolecular Hbond substituents is 1. The van der Waals surface area contributed by atoms with E-state index in [0.29, 0.717) is 10.0 Å². The third kappa shape index (κ3) is 2.94. The van der Waals surface area contributed by atoms with Crippen LogP contribution in [0.2, 0.25) is 0 Å². The van der Waals surface area contributed by atoms with E-state index in [1.165, 1.54) is 0 Å². The molecule has 1 aromatic carbocycles. The molecule has 0 saturated heterocycles. The van der Waals surface area contributed by atoms with Crippen molar-refractivity contribution >= 4 is 21.9 Å². The number of carboxylic acid groups (broad SMARTS) is 1. The zero-order valence-corrected chi connectivity index (χ0v) is 9.57. The molecule has 0 spiro atoms. The van der Waals surface area contributed by atoms with Gasteiger partial charge in [0.1, 0.15) is 5.75 Å². The van der Waals surface area contributed by atoms with Crippen molar-refractivity contribution in [2.75, 3.05) is 6.54 Å². The number of nitrogens with two attached hydrogens (primary N) is 1. The average molecular weight is 274 g/mol. The lowest BCUT2D eigenvalue weighted by atomic mass is 9.95. The first-order valence-electron chi connectivity index (χ1n) is 4.45. The van der Waals surface area contributed by atoms with Crippen LogP contribution in [0, 0.1) is 0 Å². The van der Waals surface area contributed by atoms with Crippen molar-refractivity contribution < 1.29 is 15.0 Å². The monoisotopic (exact) mass is 273 g/mol. The highest BCUT2D eigenvalue weighted by Gasteiger charge is 2.18. The molecule has 5 heteroatoms. The Kier molecular flexibility index (Phi) is 4.11. The van der Waals surface area contributed by atoms with Crippen LogP contribution in [-0.2, 0) is 4.79 Å². The predicted octanol–water partition coefficient (Wildman–Crippen LogP) is 1.67. The summed E-state index contributed by atoms with van der Waals surface area (Å²) in [5.41, 5.74) is 6.05. The first-order valence-corrected chi connectivity index (χ1v) is 5.24. The minimum atomic E-state index is -0.926. The fourth-order valence-electron chi connectivity index (χ4n) is 1.39. The summed E-state index contributed by atoms with van der Waals surface area (Å²) in [5.74, 6) is -1.22. The van der Waals surface area contributed by atoms with Gasteiger partial charge in [-0.1, -0.05) is 12.1 Å². The Labute approximate surface area is 95.8 Å². The molecule has 1 atom stereocenters. The summed E-state index contributed by atoms with van der Waals surface area (Å²) in [7, 11) is 0. The first-order chi connectivity index (χ1) is 7.06. The van der Waals surface area contributed by atoms with Gasteiger partial charge in [0, 0.05) is 5.92 Å². The van der Waals surface area contributed by atoms with Gasteiger partial charge in [0.05, 0.1) is 10.9 Å². The maximum Gasteiger partial charge on any atom is 0.304 e. The number of benzene rings is 1. The van der Waals surface area contributed by atoms with E-state index in [1.807, 2.05) is 0 Å². The van der Waals surface area contributed by atoms with Crippen LogP contribution < -0.4 is 5.73 Å². The van der Waals surface area contributed by atoms with Gasteiger partial charge in [-0.2, -0.15) is 0 Å². The lowest BCUT2D eigenvalue weighted by Gasteiger charge is -2.14. The molecule has 0 amide bonds. The van der Waals surface area contributed by atoms with Crippen LogP contribution in [0.4, 0.5) is 0 Å². The van der Waals surface area contributed by atoms with Crippen molar-refractivity contribution in [3.05, 3.63) is 28.2 Å². The lowest BCUT2D eigenvalue weighted by molar-refractivity contribution is -0.137. The van der Waals surface area contributed by atoms with Gasteiger partial charge in [-0.15, -0.1) is 0 Å². The summed E-state index contributed by atoms with van der Waals surface area (Å²) >= 11 is 3.17. The van der Waals surface area contributed by atoms with Gasteiger partial charge >= 0.3 is 5.97 Å². The Morgan fingerprint density at radius 3 is 2.73 bits per heavy atom. The molecule has 0 heterocycles. The van der Waals surface area contributed by atoms with E-state index in [1.54, 1.807) is 18.2 Å². The van der Waals surface area contributed by atoms with E-state index in [2.05, 4.69) is 15.9 Å². The minimum absolute atomic E-state index is 0.0641. The van der Waals surface area contributed by atoms with Gasteiger partial charge in [-0.05, 0) is 34.1 Å². The van der Waals surface area contributed by atoms with E-state index in [-0.39, 0.29) is 24.6 Å². The van der Waals surface area contributed by atoms with Gasteiger partial charge in [-0.3, -0.25) is 4.79 Å². The van der Waals surface area contributed by atoms with E-state index in [0.717, 1.165) is 0 Å². The fourth-order valence-corrected chi connectivity index (χ4v) is 1.77. The van der Waals surface area contributed by atoms with E-state index < -0.39 is 5.97 Å². The predicted molar refractivity (Wildman–Crippen MR) is 59.9 cm³/mol. The lowest BCUT2D eigenvalue weighted by Crippen LogP contribution is -2.16. The van der Waals surface area contributed by atoms with Crippen molar-refractivity contribution in [2.24, 2.45) is 5.73 Å². The third-order valence-corrected chi connectivity index (χ3v) is 2.80. The smallest absolute Gasteiger partial charge is 0.304 e. The molecule has 0 aliphatic rings. The molecule has 4 N–H and O–H groups in total. The van der Waals surface area contributed by atoms with Crippen LogP contribution in [0.5, 0.6) is 5.75 Å². The average Bonchev–Trinajstić information content (AvgIpc) is 2.19. The number of aromatic hydroxyl groups is 1. The highest BCUT2D eigenvalue weighted by Crippen LogP contribution is 2.33. The minimum Gasteiger partial charge on any atom is -0.506 e. The molecule has 0 aromatic heterocycles. The van der Waals surface area contributed by atoms with Crippen LogP contribution in [0.25, 0.3) is 0 Å². The SMILES string of the molecule is NCC(CC(=O)O)c1cccc(Br)c1O. The summed E-state index contributed by atoms with van der Waals surface area (Å²) in [5, 5.41) is 18.4. The van der Waals surface area contributed by atoms with Crippen LogP contribution in [0.3, 0.4) is 0 Å². The van der Waals surface area contributed by atoms with Crippen LogP contribution in [0.1, 0.15) is 17.9 Å². The molecular formula is C10H12BrNO3. The molecule has 0 radical (unpaired) electrons. The fraction of sp³-hybridized carbons (Fsp3) is 0.300. The Bertz CT molecular complexity index is 368. The van der Waals surface area contributed by atoms with Crippen molar-refractivity contribution in [2.45, 2.75) is 12.3 Å². The van der Waals surface area contributed by atoms with Gasteiger partial charge in [-0.25, -0.2) is 0 Å². The molecule has 0 saturated carbocycles. The topological polar surface area (TPSA) is 83.6 Å². The first kappa shape index (κ1) is 12.0. The van der Waals surface area contributed by atoms with Crippen LogP contribution in [-0.4, -0.2) is 22.7 Å². The molecule has 15 heavy (non-hydrogen) atoms. The van der Waals surface area contributed by atoms with E-state index in [9.17, 15) is 9.90 Å². The zero-order chi connectivity index (χ0) is 11.4. The number of para-hydroxylation sites is 1. The molecule has 0 fully saturated rings. The van der Waals surface area contributed by atoms with Crippen molar-refractivity contribution in [1.29, 1.82) is 0 Å². The van der Waals surface area contributed by atoms with E-state index >= 15 is 0 Å². The molecule has 0 aliphatic carbocycles. The molecule has 1 unspecified atom stereocenters. The summed E-state index contributed by atoms with van der Waals surface area (Å²) in [6.07, 6.45) is -0.0828. The second kappa shape index (κ2) is 5.14. The second-order valence-electron chi connectivity index (χ2n) is 3.21. The molecule has 82 valence electrons. The van der Waals surface area contributed by atoms with Crippen molar-refractivity contribution in [3.8, 4) is 5.75 Å². The Hall–Kier alpha value is -1.07. The Morgan fingerprint density at radius 2 is 2.20 bits per heavy atom. The highest BCUT2D eigenvalue weighted by molar-refractivity contribution is 9.10. The number of rotatable bonds is 4. The highest BCUT2D eigenvalue weighted by atomic mass is 79.9. The zero-order valence-electron chi connectivity index (χ0n) is 7.98. The molecule has 0 bridgehead atoms. The van der Waals surface area contributed by atoms with Gasteiger partial charge in [0.2, 0.25) is 0 Å². The van der Waals surface area contributed by atoms with Crippen molar-refractivity contribution in [3.63, 3.8) is 0 Å². The van der Waals surface area contributed by atoms with Gasteiger partial charge in [0.25, 0.3) is 0 Å². The van der Waals surface area contributed by atoms with Gasteiger partial charge in [0.15, 0.2) is 0 Å². The van der Waals surface area contributed by atoms with E-state index in [4.69, 9.17) is 10.8 Å². The number of hydrogen-bond donors (Lipinski definition) is 3. The molecule has 4 nitrogen and oxygen atoms in total. The normalized spacial score (nSPS) is 12.4. The quantitative estimate of drug-likeness (QED) is 0.779. The second-order valence-corrected chi connectivity index (χ2v) is 4.06. The molecule has 0 aliphatic heterocycles. The summed E-state index contributed by atoms with van der Waals surface area (Å²) in [6, 6.07) is 5.11. The number of halogens is 1. The summed E-state index contributed by atoms with van der Waals surface area (Å²) < 4.78 is 0.545. The summed E-state index contributed by atoms with van der Waals surface area (Å²) in [6.45, 7) is 0.191. The number of aliphatic carboxylic acids is 1. The Balaban J connectivity index is 3.01. The summed E-state index contributed by atoms with van der Waals surface area (Å²) in [4.78, 5) is 10.6. The Morgan fingerprint density at radius 1 is 1.53 bits per heavy atom. The molecular weight excluding hydrogens is 262 g/mol. The maximum atomic E-state index is 10.6. The number of carboxylic acids is 1. The van der Waals surface area contributed by atoms with Crippen molar-refractivity contribution in [1.82, 2.24) is 0 Å². The number of hydrogen-bond acceptors (Lipinski definition) is 3. The van der Waals surface area contributed by atoms with Gasteiger partial charge < -0.3 is 15.9 Å². The molecule has 1 aromatic rings.